The number of nitrogens with zero attached hydrogens (tertiary/aromatic N) is 1. The molecule has 0 spiro atoms. The van der Waals surface area contributed by atoms with Crippen molar-refractivity contribution in [2.45, 2.75) is 73.1 Å². The zero-order valence-electron chi connectivity index (χ0n) is 20.6. The standard InChI is InChI=1S/C27H31NO.C2H6/c1-18-8-12-21(13-9-18)28-22-14-10-19(26(2,3)4)16-24(22)29-25-17-20(27(5,6)7)11-15-23(25)28;1-2/h8-17H,1-7H3;1-2H3. The van der Waals surface area contributed by atoms with Crippen molar-refractivity contribution in [1.29, 1.82) is 0 Å². The zero-order chi connectivity index (χ0) is 23.0. The zero-order valence-corrected chi connectivity index (χ0v) is 20.6. The van der Waals surface area contributed by atoms with E-state index >= 15 is 0 Å². The molecule has 1 aliphatic heterocycles. The first kappa shape index (κ1) is 22.9. The maximum atomic E-state index is 6.48. The Labute approximate surface area is 188 Å². The molecule has 0 aliphatic carbocycles. The minimum Gasteiger partial charge on any atom is -0.453 e. The molecule has 2 heteroatoms. The maximum absolute atomic E-state index is 6.48. The summed E-state index contributed by atoms with van der Waals surface area (Å²) in [6.07, 6.45) is 0. The van der Waals surface area contributed by atoms with Crippen molar-refractivity contribution in [3.05, 3.63) is 77.4 Å². The Bertz CT molecular complexity index is 986. The van der Waals surface area contributed by atoms with Gasteiger partial charge in [0.2, 0.25) is 0 Å². The van der Waals surface area contributed by atoms with E-state index in [9.17, 15) is 0 Å². The van der Waals surface area contributed by atoms with Gasteiger partial charge < -0.3 is 9.64 Å². The third-order valence-electron chi connectivity index (χ3n) is 5.65. The molecule has 0 fully saturated rings. The number of benzene rings is 3. The molecule has 0 saturated carbocycles. The van der Waals surface area contributed by atoms with E-state index in [1.807, 2.05) is 13.8 Å². The van der Waals surface area contributed by atoms with E-state index in [2.05, 4.69) is 114 Å². The highest BCUT2D eigenvalue weighted by molar-refractivity contribution is 5.86. The first-order valence-corrected chi connectivity index (χ1v) is 11.4. The summed E-state index contributed by atoms with van der Waals surface area (Å²) in [7, 11) is 0. The largest absolute Gasteiger partial charge is 0.453 e. The van der Waals surface area contributed by atoms with Gasteiger partial charge in [0.1, 0.15) is 0 Å². The van der Waals surface area contributed by atoms with Crippen molar-refractivity contribution in [2.75, 3.05) is 4.90 Å². The normalized spacial score (nSPS) is 12.9. The van der Waals surface area contributed by atoms with Crippen LogP contribution in [0.1, 0.15) is 72.1 Å². The van der Waals surface area contributed by atoms with E-state index in [1.54, 1.807) is 0 Å². The fraction of sp³-hybridized carbons (Fsp3) is 0.379. The van der Waals surface area contributed by atoms with Crippen LogP contribution in [0.5, 0.6) is 11.5 Å². The van der Waals surface area contributed by atoms with Gasteiger partial charge in [0.05, 0.1) is 11.4 Å². The number of rotatable bonds is 1. The second kappa shape index (κ2) is 8.42. The molecule has 4 rings (SSSR count). The first-order chi connectivity index (χ1) is 14.5. The highest BCUT2D eigenvalue weighted by atomic mass is 16.5. The SMILES string of the molecule is CC.Cc1ccc(N2c3ccc(C(C)(C)C)cc3Oc3cc(C(C)(C)C)ccc32)cc1. The number of aryl methyl sites for hydroxylation is 1. The van der Waals surface area contributed by atoms with Crippen LogP contribution in [0.15, 0.2) is 60.7 Å². The Kier molecular flexibility index (Phi) is 6.23. The van der Waals surface area contributed by atoms with Crippen molar-refractivity contribution in [2.24, 2.45) is 0 Å². The molecule has 164 valence electrons. The molecule has 0 aromatic heterocycles. The molecule has 0 bridgehead atoms. The summed E-state index contributed by atoms with van der Waals surface area (Å²) in [4.78, 5) is 2.31. The summed E-state index contributed by atoms with van der Waals surface area (Å²) < 4.78 is 6.48. The topological polar surface area (TPSA) is 12.5 Å². The van der Waals surface area contributed by atoms with Crippen molar-refractivity contribution >= 4 is 17.1 Å². The number of hydrogen-bond donors (Lipinski definition) is 0. The molecular weight excluding hydrogens is 378 g/mol. The lowest BCUT2D eigenvalue weighted by Gasteiger charge is -2.35. The van der Waals surface area contributed by atoms with Crippen LogP contribution in [0, 0.1) is 6.92 Å². The van der Waals surface area contributed by atoms with E-state index in [-0.39, 0.29) is 10.8 Å². The monoisotopic (exact) mass is 415 g/mol. The van der Waals surface area contributed by atoms with Gasteiger partial charge >= 0.3 is 0 Å². The Balaban J connectivity index is 0.00000132. The van der Waals surface area contributed by atoms with Gasteiger partial charge in [0, 0.05) is 5.69 Å². The maximum Gasteiger partial charge on any atom is 0.151 e. The second-order valence-electron chi connectivity index (χ2n) is 10.1. The number of ether oxygens (including phenoxy) is 1. The minimum atomic E-state index is 0.0701. The fourth-order valence-corrected chi connectivity index (χ4v) is 3.71. The van der Waals surface area contributed by atoms with E-state index in [4.69, 9.17) is 4.74 Å². The molecule has 1 heterocycles. The highest BCUT2D eigenvalue weighted by Crippen LogP contribution is 2.52. The molecular formula is C29H37NO. The lowest BCUT2D eigenvalue weighted by Crippen LogP contribution is -2.19. The van der Waals surface area contributed by atoms with Crippen LogP contribution in [0.2, 0.25) is 0 Å². The van der Waals surface area contributed by atoms with Gasteiger partial charge in [-0.15, -0.1) is 0 Å². The third kappa shape index (κ3) is 4.63. The lowest BCUT2D eigenvalue weighted by molar-refractivity contribution is 0.469. The van der Waals surface area contributed by atoms with Gasteiger partial charge in [-0.25, -0.2) is 0 Å². The van der Waals surface area contributed by atoms with E-state index in [0.717, 1.165) is 28.6 Å². The molecule has 0 unspecified atom stereocenters. The average molecular weight is 416 g/mol. The van der Waals surface area contributed by atoms with Crippen LogP contribution in [0.3, 0.4) is 0 Å². The van der Waals surface area contributed by atoms with Gasteiger partial charge in [0.15, 0.2) is 11.5 Å². The van der Waals surface area contributed by atoms with Crippen molar-refractivity contribution in [3.8, 4) is 11.5 Å². The molecule has 0 amide bonds. The summed E-state index contributed by atoms with van der Waals surface area (Å²) in [6.45, 7) is 19.5. The van der Waals surface area contributed by atoms with Crippen molar-refractivity contribution in [3.63, 3.8) is 0 Å². The Morgan fingerprint density at radius 3 is 1.42 bits per heavy atom. The predicted molar refractivity (Wildman–Crippen MR) is 135 cm³/mol. The van der Waals surface area contributed by atoms with Crippen LogP contribution < -0.4 is 9.64 Å². The van der Waals surface area contributed by atoms with Crippen LogP contribution in [0.4, 0.5) is 17.1 Å². The summed E-state index contributed by atoms with van der Waals surface area (Å²) in [5, 5.41) is 0. The summed E-state index contributed by atoms with van der Waals surface area (Å²) in [6, 6.07) is 21.9. The van der Waals surface area contributed by atoms with Gasteiger partial charge in [-0.2, -0.15) is 0 Å². The molecule has 0 atom stereocenters. The summed E-state index contributed by atoms with van der Waals surface area (Å²) in [5.41, 5.74) is 7.25. The minimum absolute atomic E-state index is 0.0701. The summed E-state index contributed by atoms with van der Waals surface area (Å²) in [5.74, 6) is 1.83. The smallest absolute Gasteiger partial charge is 0.151 e. The van der Waals surface area contributed by atoms with Crippen molar-refractivity contribution in [1.82, 2.24) is 0 Å². The van der Waals surface area contributed by atoms with Crippen LogP contribution in [-0.2, 0) is 10.8 Å². The average Bonchev–Trinajstić information content (AvgIpc) is 2.72. The number of anilines is 3. The molecule has 1 aliphatic rings. The van der Waals surface area contributed by atoms with E-state index in [0.29, 0.717) is 0 Å². The number of hydrogen-bond acceptors (Lipinski definition) is 2. The predicted octanol–water partition coefficient (Wildman–Crippen LogP) is 9.19. The Hall–Kier alpha value is -2.74. The molecule has 3 aromatic carbocycles. The lowest BCUT2D eigenvalue weighted by atomic mass is 9.86. The highest BCUT2D eigenvalue weighted by Gasteiger charge is 2.29. The van der Waals surface area contributed by atoms with Crippen LogP contribution >= 0.6 is 0 Å². The summed E-state index contributed by atoms with van der Waals surface area (Å²) >= 11 is 0. The van der Waals surface area contributed by atoms with Crippen molar-refractivity contribution < 1.29 is 4.74 Å². The molecule has 31 heavy (non-hydrogen) atoms. The molecule has 2 nitrogen and oxygen atoms in total. The van der Waals surface area contributed by atoms with Crippen LogP contribution in [-0.4, -0.2) is 0 Å². The molecule has 3 aromatic rings. The van der Waals surface area contributed by atoms with Gasteiger partial charge in [-0.1, -0.05) is 85.2 Å². The Morgan fingerprint density at radius 2 is 1.03 bits per heavy atom. The first-order valence-electron chi connectivity index (χ1n) is 11.4. The number of fused-ring (bicyclic) bond motifs is 2. The third-order valence-corrected chi connectivity index (χ3v) is 5.65. The van der Waals surface area contributed by atoms with Gasteiger partial charge in [0.25, 0.3) is 0 Å². The quantitative estimate of drug-likeness (QED) is 0.307. The fourth-order valence-electron chi connectivity index (χ4n) is 3.71. The molecule has 0 N–H and O–H groups in total. The van der Waals surface area contributed by atoms with Crippen LogP contribution in [0.25, 0.3) is 0 Å². The van der Waals surface area contributed by atoms with E-state index in [1.165, 1.54) is 16.7 Å². The molecule has 0 saturated heterocycles. The van der Waals surface area contributed by atoms with Gasteiger partial charge in [-0.05, 0) is 65.3 Å². The second-order valence-corrected chi connectivity index (χ2v) is 10.1. The Morgan fingerprint density at radius 1 is 0.613 bits per heavy atom. The molecule has 0 radical (unpaired) electrons. The van der Waals surface area contributed by atoms with Gasteiger partial charge in [-0.3, -0.25) is 0 Å². The van der Waals surface area contributed by atoms with E-state index < -0.39 is 0 Å².